The summed E-state index contributed by atoms with van der Waals surface area (Å²) in [5.74, 6) is 2.12. The second-order valence-electron chi connectivity index (χ2n) is 8.61. The molecule has 9 heteroatoms. The highest BCUT2D eigenvalue weighted by Gasteiger charge is 2.31. The summed E-state index contributed by atoms with van der Waals surface area (Å²) >= 11 is 5.38. The van der Waals surface area contributed by atoms with Crippen LogP contribution in [0.15, 0.2) is 47.4 Å². The Bertz CT molecular complexity index is 1050. The van der Waals surface area contributed by atoms with Crippen LogP contribution < -0.4 is 20.1 Å². The number of nitrogens with one attached hydrogen (secondary N) is 2. The third-order valence-corrected chi connectivity index (χ3v) is 7.82. The smallest absolute Gasteiger partial charge is 0.243 e. The first-order valence-corrected chi connectivity index (χ1v) is 12.9. The third kappa shape index (κ3) is 6.59. The molecule has 0 spiro atoms. The van der Waals surface area contributed by atoms with E-state index in [2.05, 4.69) is 24.5 Å². The minimum Gasteiger partial charge on any atom is -0.493 e. The molecule has 180 valence electrons. The number of sulfonamides is 1. The standard InChI is InChI=1S/C24H33N3O4S2/c1-17-13-18(2)16-27(15-17)33(28,29)21-8-6-20(7-9-21)26-24(32)25-12-11-19-5-10-22(30-3)23(14-19)31-4/h5-10,14,17-18H,11-13,15-16H2,1-4H3,(H2,25,26,32). The van der Waals surface area contributed by atoms with Gasteiger partial charge in [-0.3, -0.25) is 0 Å². The van der Waals surface area contributed by atoms with Gasteiger partial charge >= 0.3 is 0 Å². The van der Waals surface area contributed by atoms with E-state index in [4.69, 9.17) is 21.7 Å². The normalized spacial score (nSPS) is 19.0. The maximum atomic E-state index is 13.0. The zero-order valence-corrected chi connectivity index (χ0v) is 21.3. The molecule has 2 unspecified atom stereocenters. The molecule has 0 amide bonds. The first kappa shape index (κ1) is 25.3. The van der Waals surface area contributed by atoms with Crippen molar-refractivity contribution >= 4 is 33.0 Å². The molecule has 33 heavy (non-hydrogen) atoms. The van der Waals surface area contributed by atoms with Crippen LogP contribution in [0.4, 0.5) is 5.69 Å². The molecule has 0 radical (unpaired) electrons. The maximum Gasteiger partial charge on any atom is 0.243 e. The van der Waals surface area contributed by atoms with Gasteiger partial charge in [0.25, 0.3) is 0 Å². The summed E-state index contributed by atoms with van der Waals surface area (Å²) in [6.45, 7) is 5.98. The Hall–Kier alpha value is -2.36. The van der Waals surface area contributed by atoms with Gasteiger partial charge in [0, 0.05) is 25.3 Å². The van der Waals surface area contributed by atoms with Crippen LogP contribution in [0.3, 0.4) is 0 Å². The maximum absolute atomic E-state index is 13.0. The minimum atomic E-state index is -3.49. The molecule has 0 saturated carbocycles. The second-order valence-corrected chi connectivity index (χ2v) is 11.0. The van der Waals surface area contributed by atoms with E-state index in [0.29, 0.717) is 53.0 Å². The molecule has 2 aromatic carbocycles. The quantitative estimate of drug-likeness (QED) is 0.542. The Labute approximate surface area is 202 Å². The molecule has 2 atom stereocenters. The van der Waals surface area contributed by atoms with Gasteiger partial charge in [-0.15, -0.1) is 0 Å². The van der Waals surface area contributed by atoms with Gasteiger partial charge in [-0.25, -0.2) is 8.42 Å². The van der Waals surface area contributed by atoms with Crippen molar-refractivity contribution in [1.82, 2.24) is 9.62 Å². The molecule has 0 aromatic heterocycles. The van der Waals surface area contributed by atoms with Gasteiger partial charge in [0.1, 0.15) is 0 Å². The zero-order valence-electron chi connectivity index (χ0n) is 19.6. The number of nitrogens with zero attached hydrogens (tertiary/aromatic N) is 1. The highest BCUT2D eigenvalue weighted by Crippen LogP contribution is 2.28. The van der Waals surface area contributed by atoms with E-state index in [1.165, 1.54) is 0 Å². The molecule has 1 aliphatic rings. The monoisotopic (exact) mass is 491 g/mol. The minimum absolute atomic E-state index is 0.307. The first-order chi connectivity index (χ1) is 15.7. The molecule has 3 rings (SSSR count). The van der Waals surface area contributed by atoms with Crippen molar-refractivity contribution in [2.75, 3.05) is 39.2 Å². The lowest BCUT2D eigenvalue weighted by Gasteiger charge is -2.34. The molecular formula is C24H33N3O4S2. The Balaban J connectivity index is 1.53. The number of anilines is 1. The Kier molecular flexibility index (Phi) is 8.56. The average molecular weight is 492 g/mol. The van der Waals surface area contributed by atoms with Crippen LogP contribution in [-0.2, 0) is 16.4 Å². The van der Waals surface area contributed by atoms with Crippen LogP contribution in [0.2, 0.25) is 0 Å². The van der Waals surface area contributed by atoms with Gasteiger partial charge < -0.3 is 20.1 Å². The van der Waals surface area contributed by atoms with E-state index in [1.807, 2.05) is 18.2 Å². The Morgan fingerprint density at radius 1 is 1.03 bits per heavy atom. The van der Waals surface area contributed by atoms with Crippen LogP contribution in [0, 0.1) is 11.8 Å². The number of thiocarbonyl (C=S) groups is 1. The fraction of sp³-hybridized carbons (Fsp3) is 0.458. The molecule has 1 saturated heterocycles. The van der Waals surface area contributed by atoms with Crippen molar-refractivity contribution in [3.05, 3.63) is 48.0 Å². The van der Waals surface area contributed by atoms with Crippen molar-refractivity contribution in [1.29, 1.82) is 0 Å². The van der Waals surface area contributed by atoms with Crippen molar-refractivity contribution in [3.8, 4) is 11.5 Å². The average Bonchev–Trinajstić information content (AvgIpc) is 2.78. The van der Waals surface area contributed by atoms with Crippen molar-refractivity contribution < 1.29 is 17.9 Å². The van der Waals surface area contributed by atoms with E-state index >= 15 is 0 Å². The number of methoxy groups -OCH3 is 2. The lowest BCUT2D eigenvalue weighted by Crippen LogP contribution is -2.42. The fourth-order valence-electron chi connectivity index (χ4n) is 4.19. The molecule has 1 heterocycles. The summed E-state index contributed by atoms with van der Waals surface area (Å²) in [5, 5.41) is 6.76. The molecule has 2 N–H and O–H groups in total. The second kappa shape index (κ2) is 11.2. The predicted molar refractivity (Wildman–Crippen MR) is 136 cm³/mol. The zero-order chi connectivity index (χ0) is 24.0. The van der Waals surface area contributed by atoms with E-state index in [1.54, 1.807) is 42.8 Å². The van der Waals surface area contributed by atoms with E-state index in [9.17, 15) is 8.42 Å². The molecule has 1 aliphatic heterocycles. The van der Waals surface area contributed by atoms with E-state index in [-0.39, 0.29) is 0 Å². The van der Waals surface area contributed by atoms with Crippen LogP contribution >= 0.6 is 12.2 Å². The topological polar surface area (TPSA) is 79.9 Å². The predicted octanol–water partition coefficient (Wildman–Crippen LogP) is 3.90. The number of piperidine rings is 1. The molecular weight excluding hydrogens is 458 g/mol. The highest BCUT2D eigenvalue weighted by atomic mass is 32.2. The summed E-state index contributed by atoms with van der Waals surface area (Å²) in [6.07, 6.45) is 1.82. The highest BCUT2D eigenvalue weighted by molar-refractivity contribution is 7.89. The number of benzene rings is 2. The summed E-state index contributed by atoms with van der Waals surface area (Å²) in [5.41, 5.74) is 1.83. The molecule has 1 fully saturated rings. The number of hydrogen-bond donors (Lipinski definition) is 2. The number of ether oxygens (including phenoxy) is 2. The van der Waals surface area contributed by atoms with Crippen molar-refractivity contribution in [3.63, 3.8) is 0 Å². The van der Waals surface area contributed by atoms with Gasteiger partial charge in [-0.05, 0) is 78.9 Å². The molecule has 7 nitrogen and oxygen atoms in total. The third-order valence-electron chi connectivity index (χ3n) is 5.73. The summed E-state index contributed by atoms with van der Waals surface area (Å²) in [7, 11) is -0.266. The van der Waals surface area contributed by atoms with Crippen molar-refractivity contribution in [2.24, 2.45) is 11.8 Å². The van der Waals surface area contributed by atoms with E-state index in [0.717, 1.165) is 24.1 Å². The van der Waals surface area contributed by atoms with Crippen LogP contribution in [0.1, 0.15) is 25.8 Å². The lowest BCUT2D eigenvalue weighted by atomic mass is 9.94. The number of hydrogen-bond acceptors (Lipinski definition) is 5. The van der Waals surface area contributed by atoms with Crippen LogP contribution in [-0.4, -0.2) is 51.7 Å². The number of rotatable bonds is 8. The molecule has 2 aromatic rings. The SMILES string of the molecule is COc1ccc(CCNC(=S)Nc2ccc(S(=O)(=O)N3CC(C)CC(C)C3)cc2)cc1OC. The van der Waals surface area contributed by atoms with Crippen molar-refractivity contribution in [2.45, 2.75) is 31.6 Å². The van der Waals surface area contributed by atoms with Gasteiger partial charge in [0.05, 0.1) is 19.1 Å². The van der Waals surface area contributed by atoms with Crippen LogP contribution in [0.5, 0.6) is 11.5 Å². The fourth-order valence-corrected chi connectivity index (χ4v) is 6.09. The van der Waals surface area contributed by atoms with Gasteiger partial charge in [0.15, 0.2) is 16.6 Å². The Morgan fingerprint density at radius 2 is 1.67 bits per heavy atom. The summed E-state index contributed by atoms with van der Waals surface area (Å²) in [6, 6.07) is 12.6. The molecule has 0 aliphatic carbocycles. The van der Waals surface area contributed by atoms with Crippen LogP contribution in [0.25, 0.3) is 0 Å². The van der Waals surface area contributed by atoms with Gasteiger partial charge in [0.2, 0.25) is 10.0 Å². The van der Waals surface area contributed by atoms with Gasteiger partial charge in [-0.2, -0.15) is 4.31 Å². The van der Waals surface area contributed by atoms with E-state index < -0.39 is 10.0 Å². The lowest BCUT2D eigenvalue weighted by molar-refractivity contribution is 0.222. The summed E-state index contributed by atoms with van der Waals surface area (Å²) in [4.78, 5) is 0.307. The molecule has 0 bridgehead atoms. The Morgan fingerprint density at radius 3 is 2.27 bits per heavy atom. The summed E-state index contributed by atoms with van der Waals surface area (Å²) < 4.78 is 38.3. The van der Waals surface area contributed by atoms with Gasteiger partial charge in [-0.1, -0.05) is 19.9 Å². The first-order valence-electron chi connectivity index (χ1n) is 11.1. The largest absolute Gasteiger partial charge is 0.493 e.